The first-order valence-corrected chi connectivity index (χ1v) is 7.82. The molecule has 0 amide bonds. The van der Waals surface area contributed by atoms with Gasteiger partial charge in [0.15, 0.2) is 11.5 Å². The second-order valence-electron chi connectivity index (χ2n) is 5.97. The van der Waals surface area contributed by atoms with E-state index in [0.717, 1.165) is 29.5 Å². The van der Waals surface area contributed by atoms with Crippen LogP contribution in [0.25, 0.3) is 11.2 Å². The van der Waals surface area contributed by atoms with Crippen molar-refractivity contribution in [2.24, 2.45) is 5.73 Å². The molecule has 25 heavy (non-hydrogen) atoms. The van der Waals surface area contributed by atoms with Crippen LogP contribution in [0.5, 0.6) is 0 Å². The number of benzene rings is 1. The lowest BCUT2D eigenvalue weighted by Gasteiger charge is -2.16. The maximum Gasteiger partial charge on any atom is 0.451 e. The van der Waals surface area contributed by atoms with Crippen LogP contribution in [-0.2, 0) is 19.1 Å². The van der Waals surface area contributed by atoms with E-state index in [1.165, 1.54) is 6.33 Å². The van der Waals surface area contributed by atoms with Crippen LogP contribution in [0.15, 0.2) is 24.5 Å². The summed E-state index contributed by atoms with van der Waals surface area (Å²) in [6.45, 7) is 0.459. The van der Waals surface area contributed by atoms with Gasteiger partial charge >= 0.3 is 6.18 Å². The number of aryl methyl sites for hydroxylation is 1. The smallest absolute Gasteiger partial charge is 0.361 e. The van der Waals surface area contributed by atoms with Crippen molar-refractivity contribution >= 4 is 17.0 Å². The Hall–Kier alpha value is -2.68. The molecule has 4 rings (SSSR count). The minimum absolute atomic E-state index is 0.0125. The van der Waals surface area contributed by atoms with Crippen LogP contribution in [0, 0.1) is 0 Å². The normalized spacial score (nSPS) is 17.0. The van der Waals surface area contributed by atoms with Crippen molar-refractivity contribution in [3.63, 3.8) is 0 Å². The van der Waals surface area contributed by atoms with Crippen LogP contribution < -0.4 is 11.1 Å². The van der Waals surface area contributed by atoms with E-state index in [0.29, 0.717) is 12.1 Å². The van der Waals surface area contributed by atoms with Crippen LogP contribution in [-0.4, -0.2) is 19.9 Å². The molecule has 0 fully saturated rings. The molecule has 0 radical (unpaired) electrons. The molecule has 0 saturated heterocycles. The number of hydrogen-bond donors (Lipinski definition) is 3. The minimum atomic E-state index is -4.63. The molecular formula is C16H15F3N6. The van der Waals surface area contributed by atoms with E-state index in [1.807, 2.05) is 18.2 Å². The summed E-state index contributed by atoms with van der Waals surface area (Å²) in [5.74, 6) is -1.10. The third kappa shape index (κ3) is 2.80. The number of hydrogen-bond acceptors (Lipinski definition) is 5. The molecule has 0 aliphatic heterocycles. The Morgan fingerprint density at radius 3 is 2.88 bits per heavy atom. The second kappa shape index (κ2) is 5.69. The highest BCUT2D eigenvalue weighted by Crippen LogP contribution is 2.36. The highest BCUT2D eigenvalue weighted by Gasteiger charge is 2.36. The first-order valence-electron chi connectivity index (χ1n) is 7.82. The molecule has 1 unspecified atom stereocenters. The number of H-pyrrole nitrogens is 1. The lowest BCUT2D eigenvalue weighted by atomic mass is 10.0. The van der Waals surface area contributed by atoms with E-state index in [4.69, 9.17) is 5.73 Å². The van der Waals surface area contributed by atoms with Crippen molar-refractivity contribution in [1.29, 1.82) is 0 Å². The van der Waals surface area contributed by atoms with E-state index in [2.05, 4.69) is 25.3 Å². The molecule has 1 atom stereocenters. The molecule has 130 valence electrons. The molecule has 9 heteroatoms. The van der Waals surface area contributed by atoms with Crippen molar-refractivity contribution in [3.8, 4) is 0 Å². The Balaban J connectivity index is 1.72. The summed E-state index contributed by atoms with van der Waals surface area (Å²) in [4.78, 5) is 13.8. The van der Waals surface area contributed by atoms with Crippen molar-refractivity contribution in [2.75, 3.05) is 5.32 Å². The van der Waals surface area contributed by atoms with E-state index in [9.17, 15) is 13.2 Å². The SMILES string of the molecule is NCc1ccc2c(c1)CCC2Nc1nc(C(F)(F)F)nc2nc[nH]c12. The number of fused-ring (bicyclic) bond motifs is 2. The van der Waals surface area contributed by atoms with Gasteiger partial charge in [0.2, 0.25) is 5.82 Å². The zero-order valence-electron chi connectivity index (χ0n) is 13.1. The van der Waals surface area contributed by atoms with Crippen molar-refractivity contribution in [2.45, 2.75) is 31.6 Å². The van der Waals surface area contributed by atoms with Crippen LogP contribution in [0.2, 0.25) is 0 Å². The summed E-state index contributed by atoms with van der Waals surface area (Å²) in [7, 11) is 0. The third-order valence-electron chi connectivity index (χ3n) is 4.37. The quantitative estimate of drug-likeness (QED) is 0.677. The average Bonchev–Trinajstić information content (AvgIpc) is 3.20. The Labute approximate surface area is 140 Å². The Morgan fingerprint density at radius 2 is 2.12 bits per heavy atom. The average molecular weight is 348 g/mol. The number of anilines is 1. The fourth-order valence-electron chi connectivity index (χ4n) is 3.18. The van der Waals surface area contributed by atoms with E-state index in [-0.39, 0.29) is 17.5 Å². The van der Waals surface area contributed by atoms with Crippen molar-refractivity contribution < 1.29 is 13.2 Å². The predicted octanol–water partition coefficient (Wildman–Crippen LogP) is 2.93. The van der Waals surface area contributed by atoms with Gasteiger partial charge in [-0.25, -0.2) is 15.0 Å². The first-order chi connectivity index (χ1) is 12.0. The highest BCUT2D eigenvalue weighted by molar-refractivity contribution is 5.82. The zero-order chi connectivity index (χ0) is 17.6. The number of aromatic nitrogens is 4. The van der Waals surface area contributed by atoms with Gasteiger partial charge in [0.1, 0.15) is 5.52 Å². The monoisotopic (exact) mass is 348 g/mol. The number of halogens is 3. The number of nitrogens with zero attached hydrogens (tertiary/aromatic N) is 3. The highest BCUT2D eigenvalue weighted by atomic mass is 19.4. The lowest BCUT2D eigenvalue weighted by molar-refractivity contribution is -0.144. The molecule has 1 aliphatic rings. The topological polar surface area (TPSA) is 92.5 Å². The largest absolute Gasteiger partial charge is 0.451 e. The van der Waals surface area contributed by atoms with Gasteiger partial charge in [-0.05, 0) is 29.5 Å². The molecule has 2 heterocycles. The molecule has 1 aliphatic carbocycles. The van der Waals surface area contributed by atoms with E-state index < -0.39 is 12.0 Å². The number of aromatic amines is 1. The van der Waals surface area contributed by atoms with Gasteiger partial charge in [-0.1, -0.05) is 18.2 Å². The van der Waals surface area contributed by atoms with Gasteiger partial charge in [0, 0.05) is 6.54 Å². The summed E-state index contributed by atoms with van der Waals surface area (Å²) in [6.07, 6.45) is -1.72. The third-order valence-corrected chi connectivity index (χ3v) is 4.37. The summed E-state index contributed by atoms with van der Waals surface area (Å²) in [5.41, 5.74) is 9.26. The van der Waals surface area contributed by atoms with Gasteiger partial charge in [-0.2, -0.15) is 13.2 Å². The Bertz CT molecular complexity index is 933. The Morgan fingerprint density at radius 1 is 1.28 bits per heavy atom. The van der Waals surface area contributed by atoms with Crippen molar-refractivity contribution in [3.05, 3.63) is 47.0 Å². The lowest BCUT2D eigenvalue weighted by Crippen LogP contribution is -2.15. The molecule has 0 spiro atoms. The summed E-state index contributed by atoms with van der Waals surface area (Å²) < 4.78 is 39.1. The van der Waals surface area contributed by atoms with Gasteiger partial charge < -0.3 is 16.0 Å². The maximum atomic E-state index is 13.0. The molecule has 4 N–H and O–H groups in total. The number of nitrogens with two attached hydrogens (primary N) is 1. The second-order valence-corrected chi connectivity index (χ2v) is 5.97. The molecule has 0 saturated carbocycles. The van der Waals surface area contributed by atoms with Crippen LogP contribution in [0.3, 0.4) is 0 Å². The number of alkyl halides is 3. The van der Waals surface area contributed by atoms with Gasteiger partial charge in [-0.3, -0.25) is 0 Å². The molecule has 6 nitrogen and oxygen atoms in total. The number of imidazole rings is 1. The first kappa shape index (κ1) is 15.8. The van der Waals surface area contributed by atoms with Crippen LogP contribution in [0.4, 0.5) is 19.0 Å². The van der Waals surface area contributed by atoms with Crippen LogP contribution >= 0.6 is 0 Å². The van der Waals surface area contributed by atoms with Gasteiger partial charge in [0.05, 0.1) is 12.4 Å². The molecule has 0 bridgehead atoms. The predicted molar refractivity (Wildman–Crippen MR) is 85.7 cm³/mol. The maximum absolute atomic E-state index is 13.0. The number of nitrogens with one attached hydrogen (secondary N) is 2. The Kier molecular flexibility index (Phi) is 3.60. The fraction of sp³-hybridized carbons (Fsp3) is 0.312. The van der Waals surface area contributed by atoms with E-state index in [1.54, 1.807) is 0 Å². The molecular weight excluding hydrogens is 333 g/mol. The van der Waals surface area contributed by atoms with Crippen molar-refractivity contribution in [1.82, 2.24) is 19.9 Å². The zero-order valence-corrected chi connectivity index (χ0v) is 13.1. The minimum Gasteiger partial charge on any atom is -0.361 e. The summed E-state index contributed by atoms with van der Waals surface area (Å²) in [5, 5.41) is 3.12. The molecule has 1 aromatic carbocycles. The van der Waals surface area contributed by atoms with Gasteiger partial charge in [0.25, 0.3) is 0 Å². The standard InChI is InChI=1S/C16H15F3N6/c17-16(18,19)15-24-13-12(21-7-22-13)14(25-15)23-11-4-2-9-5-8(6-20)1-3-10(9)11/h1,3,5,7,11H,2,4,6,20H2,(H2,21,22,23,24,25). The fourth-order valence-corrected chi connectivity index (χ4v) is 3.18. The van der Waals surface area contributed by atoms with Gasteiger partial charge in [-0.15, -0.1) is 0 Å². The summed E-state index contributed by atoms with van der Waals surface area (Å²) in [6, 6.07) is 5.83. The van der Waals surface area contributed by atoms with E-state index >= 15 is 0 Å². The summed E-state index contributed by atoms with van der Waals surface area (Å²) >= 11 is 0. The number of rotatable bonds is 3. The van der Waals surface area contributed by atoms with Crippen LogP contribution in [0.1, 0.15) is 35.0 Å². The molecule has 2 aromatic heterocycles. The molecule has 3 aromatic rings.